The Morgan fingerprint density at radius 3 is 2.19 bits per heavy atom. The molecule has 5 aliphatic rings. The topological polar surface area (TPSA) is 58.7 Å². The van der Waals surface area contributed by atoms with Gasteiger partial charge >= 0.3 is 0 Å². The zero-order valence-electron chi connectivity index (χ0n) is 18.5. The Balaban J connectivity index is 1.55. The van der Waals surface area contributed by atoms with Gasteiger partial charge in [-0.05, 0) is 91.5 Å². The van der Waals surface area contributed by atoms with Gasteiger partial charge in [0.2, 0.25) is 0 Å². The molecule has 1 aliphatic heterocycles. The lowest BCUT2D eigenvalue weighted by Crippen LogP contribution is -2.59. The van der Waals surface area contributed by atoms with Crippen molar-refractivity contribution in [2.45, 2.75) is 51.0 Å². The molecular weight excluding hydrogens is 382 g/mol. The van der Waals surface area contributed by atoms with Gasteiger partial charge in [0.15, 0.2) is 11.5 Å². The van der Waals surface area contributed by atoms with E-state index in [2.05, 4.69) is 55.5 Å². The number of nitrogens with two attached hydrogens (primary N) is 1. The molecule has 4 nitrogen and oxygen atoms in total. The Hall–Kier alpha value is -2.62. The van der Waals surface area contributed by atoms with Gasteiger partial charge in [0.05, 0.1) is 0 Å². The van der Waals surface area contributed by atoms with Crippen LogP contribution in [0.25, 0.3) is 11.1 Å². The summed E-state index contributed by atoms with van der Waals surface area (Å²) in [4.78, 5) is 20.7. The lowest BCUT2D eigenvalue weighted by Gasteiger charge is -2.61. The van der Waals surface area contributed by atoms with Crippen LogP contribution in [0.3, 0.4) is 0 Å². The minimum Gasteiger partial charge on any atom is -0.369 e. The van der Waals surface area contributed by atoms with Crippen molar-refractivity contribution >= 4 is 11.9 Å². The van der Waals surface area contributed by atoms with Gasteiger partial charge in [-0.25, -0.2) is 4.99 Å². The predicted molar refractivity (Wildman–Crippen MR) is 123 cm³/mol. The van der Waals surface area contributed by atoms with Gasteiger partial charge < -0.3 is 5.73 Å². The number of nitrogens with zero attached hydrogens (tertiary/aromatic N) is 2. The van der Waals surface area contributed by atoms with E-state index in [1.807, 2.05) is 0 Å². The first-order valence-electron chi connectivity index (χ1n) is 11.7. The summed E-state index contributed by atoms with van der Waals surface area (Å²) in [6.07, 6.45) is 7.31. The van der Waals surface area contributed by atoms with E-state index in [9.17, 15) is 4.79 Å². The molecule has 2 N–H and O–H groups in total. The molecule has 4 heteroatoms. The van der Waals surface area contributed by atoms with Crippen molar-refractivity contribution in [1.29, 1.82) is 0 Å². The number of amides is 1. The van der Waals surface area contributed by atoms with Crippen molar-refractivity contribution in [2.75, 3.05) is 7.05 Å². The molecule has 2 aromatic rings. The summed E-state index contributed by atoms with van der Waals surface area (Å²) < 4.78 is 0. The van der Waals surface area contributed by atoms with Crippen LogP contribution >= 0.6 is 0 Å². The van der Waals surface area contributed by atoms with E-state index in [0.29, 0.717) is 5.96 Å². The molecule has 31 heavy (non-hydrogen) atoms. The second-order valence-corrected chi connectivity index (χ2v) is 10.6. The van der Waals surface area contributed by atoms with Crippen LogP contribution in [0.15, 0.2) is 53.5 Å². The third kappa shape index (κ3) is 2.54. The SMILES string of the molecule is Cc1ccccc1-c1cccc(C2(C34CC5CC(CC(C5)C3)C4)N=C(N)N(C)C2=O)c1. The summed E-state index contributed by atoms with van der Waals surface area (Å²) in [5, 5.41) is 0. The number of carbonyl (C=O) groups excluding carboxylic acids is 1. The average Bonchev–Trinajstić information content (AvgIpc) is 2.98. The molecule has 1 atom stereocenters. The lowest BCUT2D eigenvalue weighted by molar-refractivity contribution is -0.149. The first kappa shape index (κ1) is 19.1. The molecule has 1 heterocycles. The first-order valence-corrected chi connectivity index (χ1v) is 11.7. The molecule has 160 valence electrons. The third-order valence-corrected chi connectivity index (χ3v) is 8.78. The van der Waals surface area contributed by atoms with Gasteiger partial charge in [0.25, 0.3) is 5.91 Å². The van der Waals surface area contributed by atoms with E-state index in [4.69, 9.17) is 10.7 Å². The van der Waals surface area contributed by atoms with Crippen LogP contribution in [0.1, 0.15) is 49.7 Å². The highest BCUT2D eigenvalue weighted by Crippen LogP contribution is 2.67. The van der Waals surface area contributed by atoms with Crippen molar-refractivity contribution < 1.29 is 4.79 Å². The molecule has 1 unspecified atom stereocenters. The van der Waals surface area contributed by atoms with Crippen LogP contribution in [-0.2, 0) is 10.3 Å². The summed E-state index contributed by atoms with van der Waals surface area (Å²) in [6.45, 7) is 2.14. The van der Waals surface area contributed by atoms with E-state index in [1.165, 1.54) is 30.4 Å². The summed E-state index contributed by atoms with van der Waals surface area (Å²) in [5.41, 5.74) is 9.94. The molecule has 0 spiro atoms. The maximum absolute atomic E-state index is 14.0. The van der Waals surface area contributed by atoms with E-state index >= 15 is 0 Å². The molecule has 4 saturated carbocycles. The second kappa shape index (κ2) is 6.44. The largest absolute Gasteiger partial charge is 0.369 e. The quantitative estimate of drug-likeness (QED) is 0.781. The fraction of sp³-hybridized carbons (Fsp3) is 0.481. The monoisotopic (exact) mass is 413 g/mol. The Morgan fingerprint density at radius 1 is 0.968 bits per heavy atom. The van der Waals surface area contributed by atoms with Crippen LogP contribution in [0, 0.1) is 30.1 Å². The van der Waals surface area contributed by atoms with Crippen molar-refractivity contribution in [3.05, 3.63) is 59.7 Å². The number of hydrogen-bond donors (Lipinski definition) is 1. The minimum atomic E-state index is -0.888. The van der Waals surface area contributed by atoms with E-state index in [0.717, 1.165) is 48.1 Å². The summed E-state index contributed by atoms with van der Waals surface area (Å²) in [7, 11) is 1.79. The number of rotatable bonds is 3. The van der Waals surface area contributed by atoms with Gasteiger partial charge in [-0.2, -0.15) is 0 Å². The normalized spacial score (nSPS) is 36.2. The van der Waals surface area contributed by atoms with Gasteiger partial charge in [-0.15, -0.1) is 0 Å². The highest BCUT2D eigenvalue weighted by molar-refractivity contribution is 6.07. The Morgan fingerprint density at radius 2 is 1.61 bits per heavy atom. The number of carbonyl (C=O) groups is 1. The molecule has 4 aliphatic carbocycles. The Labute approximate surface area is 184 Å². The predicted octanol–water partition coefficient (Wildman–Crippen LogP) is 4.86. The highest BCUT2D eigenvalue weighted by atomic mass is 16.2. The minimum absolute atomic E-state index is 0.0638. The zero-order valence-corrected chi connectivity index (χ0v) is 18.5. The number of aryl methyl sites for hydroxylation is 1. The average molecular weight is 414 g/mol. The number of guanidine groups is 1. The van der Waals surface area contributed by atoms with Crippen molar-refractivity contribution in [1.82, 2.24) is 4.90 Å². The summed E-state index contributed by atoms with van der Waals surface area (Å²) in [5.74, 6) is 2.63. The Bertz CT molecular complexity index is 1070. The van der Waals surface area contributed by atoms with Crippen LogP contribution in [0.4, 0.5) is 0 Å². The van der Waals surface area contributed by atoms with Gasteiger partial charge in [-0.3, -0.25) is 9.69 Å². The molecule has 0 radical (unpaired) electrons. The van der Waals surface area contributed by atoms with Crippen molar-refractivity contribution in [2.24, 2.45) is 33.9 Å². The fourth-order valence-corrected chi connectivity index (χ4v) is 7.84. The van der Waals surface area contributed by atoms with Gasteiger partial charge in [0, 0.05) is 12.5 Å². The number of hydrogen-bond acceptors (Lipinski definition) is 3. The van der Waals surface area contributed by atoms with Crippen LogP contribution in [-0.4, -0.2) is 23.8 Å². The number of aliphatic imine (C=N–C) groups is 1. The van der Waals surface area contributed by atoms with Crippen LogP contribution < -0.4 is 5.73 Å². The highest BCUT2D eigenvalue weighted by Gasteiger charge is 2.67. The molecule has 4 fully saturated rings. The molecule has 0 aromatic heterocycles. The summed E-state index contributed by atoms with van der Waals surface area (Å²) in [6, 6.07) is 17.0. The smallest absolute Gasteiger partial charge is 0.262 e. The molecule has 1 amide bonds. The van der Waals surface area contributed by atoms with E-state index in [1.54, 1.807) is 11.9 Å². The van der Waals surface area contributed by atoms with Crippen LogP contribution in [0.5, 0.6) is 0 Å². The fourth-order valence-electron chi connectivity index (χ4n) is 7.84. The maximum atomic E-state index is 14.0. The molecular formula is C27H31N3O. The third-order valence-electron chi connectivity index (χ3n) is 8.78. The molecule has 7 rings (SSSR count). The van der Waals surface area contributed by atoms with Crippen LogP contribution in [0.2, 0.25) is 0 Å². The number of likely N-dealkylation sites (N-methyl/N-ethyl adjacent to an activating group) is 1. The van der Waals surface area contributed by atoms with Gasteiger partial charge in [-0.1, -0.05) is 42.5 Å². The standard InChI is InChI=1S/C27H31N3O/c1-17-6-3-4-9-23(17)21-7-5-8-22(13-21)27(24(31)30(2)25(28)29-27)26-14-18-10-19(15-26)12-20(11-18)16-26/h3-9,13,18-20H,10-12,14-16H2,1-2H3,(H2,28,29). The number of benzene rings is 2. The Kier molecular flexibility index (Phi) is 3.97. The molecule has 0 saturated heterocycles. The van der Waals surface area contributed by atoms with E-state index < -0.39 is 5.54 Å². The molecule has 2 aromatic carbocycles. The van der Waals surface area contributed by atoms with Gasteiger partial charge in [0.1, 0.15) is 0 Å². The van der Waals surface area contributed by atoms with E-state index in [-0.39, 0.29) is 11.3 Å². The second-order valence-electron chi connectivity index (χ2n) is 10.6. The molecule has 4 bridgehead atoms. The lowest BCUT2D eigenvalue weighted by atomic mass is 9.43. The van der Waals surface area contributed by atoms with Crippen molar-refractivity contribution in [3.63, 3.8) is 0 Å². The first-order chi connectivity index (χ1) is 14.9. The zero-order chi connectivity index (χ0) is 21.4. The van der Waals surface area contributed by atoms with Crippen molar-refractivity contribution in [3.8, 4) is 11.1 Å². The summed E-state index contributed by atoms with van der Waals surface area (Å²) >= 11 is 0. The maximum Gasteiger partial charge on any atom is 0.262 e.